The highest BCUT2D eigenvalue weighted by Gasteiger charge is 2.41. The number of aromatic amines is 1. The molecule has 0 aliphatic carbocycles. The number of nitriles is 1. The van der Waals surface area contributed by atoms with Crippen molar-refractivity contribution in [2.45, 2.75) is 44.7 Å². The van der Waals surface area contributed by atoms with Crippen molar-refractivity contribution in [1.29, 1.82) is 5.26 Å². The van der Waals surface area contributed by atoms with Crippen molar-refractivity contribution in [3.05, 3.63) is 48.3 Å². The van der Waals surface area contributed by atoms with Crippen LogP contribution in [-0.2, 0) is 0 Å². The summed E-state index contributed by atoms with van der Waals surface area (Å²) in [5.41, 5.74) is 1.69. The molecule has 3 unspecified atom stereocenters. The number of benzene rings is 1. The summed E-state index contributed by atoms with van der Waals surface area (Å²) in [6.07, 6.45) is 2.37. The van der Waals surface area contributed by atoms with Gasteiger partial charge in [0.15, 0.2) is 0 Å². The van der Waals surface area contributed by atoms with Gasteiger partial charge in [0, 0.05) is 29.1 Å². The minimum Gasteiger partial charge on any atom is -0.389 e. The molecule has 162 valence electrons. The van der Waals surface area contributed by atoms with Crippen LogP contribution in [0.15, 0.2) is 47.6 Å². The SMILES string of the molecule is C=C1NCCC1CC1(C#N)CN=C(C(CC(C)C)NC(=O)c2cc3ccccc3[nH]2)N1. The summed E-state index contributed by atoms with van der Waals surface area (Å²) < 4.78 is 0. The smallest absolute Gasteiger partial charge is 0.268 e. The number of para-hydroxylation sites is 1. The molecule has 1 aromatic heterocycles. The van der Waals surface area contributed by atoms with Crippen molar-refractivity contribution in [2.75, 3.05) is 13.1 Å². The Kier molecular flexibility index (Phi) is 5.73. The zero-order chi connectivity index (χ0) is 22.0. The third-order valence-corrected chi connectivity index (χ3v) is 6.15. The number of fused-ring (bicyclic) bond motifs is 1. The van der Waals surface area contributed by atoms with E-state index < -0.39 is 5.54 Å². The number of carbonyl (C=O) groups is 1. The average molecular weight is 419 g/mol. The molecule has 1 amide bonds. The van der Waals surface area contributed by atoms with Gasteiger partial charge in [-0.25, -0.2) is 0 Å². The number of hydrogen-bond donors (Lipinski definition) is 4. The number of aliphatic imine (C=N–C) groups is 1. The Labute approximate surface area is 183 Å². The van der Waals surface area contributed by atoms with Crippen molar-refractivity contribution >= 4 is 22.6 Å². The van der Waals surface area contributed by atoms with Crippen LogP contribution in [0.25, 0.3) is 10.9 Å². The Morgan fingerprint density at radius 3 is 2.90 bits per heavy atom. The molecule has 2 aliphatic heterocycles. The third kappa shape index (κ3) is 4.43. The van der Waals surface area contributed by atoms with Gasteiger partial charge in [-0.1, -0.05) is 38.6 Å². The summed E-state index contributed by atoms with van der Waals surface area (Å²) >= 11 is 0. The van der Waals surface area contributed by atoms with Gasteiger partial charge >= 0.3 is 0 Å². The van der Waals surface area contributed by atoms with E-state index in [4.69, 9.17) is 0 Å². The number of H-pyrrole nitrogens is 1. The van der Waals surface area contributed by atoms with Crippen LogP contribution in [0.2, 0.25) is 0 Å². The molecule has 2 aliphatic rings. The number of hydrogen-bond acceptors (Lipinski definition) is 5. The standard InChI is InChI=1S/C24H30N6O/c1-15(2)10-20(29-23(31)21-11-17-6-4-5-7-19(17)28-21)22-27-14-24(13-25,30-22)12-18-8-9-26-16(18)3/h4-7,11,15,18,20,26,28H,3,8-10,12,14H2,1-2H3,(H,27,30)(H,29,31). The van der Waals surface area contributed by atoms with E-state index >= 15 is 0 Å². The molecular formula is C24H30N6O. The first-order chi connectivity index (χ1) is 14.9. The molecule has 1 aromatic carbocycles. The zero-order valence-electron chi connectivity index (χ0n) is 18.2. The van der Waals surface area contributed by atoms with E-state index in [2.05, 4.69) is 52.4 Å². The second kappa shape index (κ2) is 8.46. The van der Waals surface area contributed by atoms with Crippen molar-refractivity contribution in [3.8, 4) is 6.07 Å². The van der Waals surface area contributed by atoms with Gasteiger partial charge in [0.25, 0.3) is 5.91 Å². The number of carbonyl (C=O) groups excluding carboxylic acids is 1. The third-order valence-electron chi connectivity index (χ3n) is 6.15. The number of rotatable bonds is 7. The number of amidine groups is 1. The first-order valence-electron chi connectivity index (χ1n) is 10.9. The van der Waals surface area contributed by atoms with Crippen molar-refractivity contribution in [2.24, 2.45) is 16.8 Å². The van der Waals surface area contributed by atoms with Gasteiger partial charge in [0.1, 0.15) is 17.1 Å². The van der Waals surface area contributed by atoms with E-state index in [-0.39, 0.29) is 17.9 Å². The summed E-state index contributed by atoms with van der Waals surface area (Å²) in [5, 5.41) is 20.7. The molecular weight excluding hydrogens is 388 g/mol. The van der Waals surface area contributed by atoms with E-state index in [1.54, 1.807) is 0 Å². The second-order valence-corrected chi connectivity index (χ2v) is 9.09. The lowest BCUT2D eigenvalue weighted by molar-refractivity contribution is 0.0939. The molecule has 0 bridgehead atoms. The van der Waals surface area contributed by atoms with Crippen LogP contribution in [0, 0.1) is 23.2 Å². The average Bonchev–Trinajstić information content (AvgIpc) is 3.46. The molecule has 7 heteroatoms. The summed E-state index contributed by atoms with van der Waals surface area (Å²) in [5.74, 6) is 1.13. The highest BCUT2D eigenvalue weighted by atomic mass is 16.2. The predicted octanol–water partition coefficient (Wildman–Crippen LogP) is 3.09. The van der Waals surface area contributed by atoms with Crippen LogP contribution in [0.3, 0.4) is 0 Å². The van der Waals surface area contributed by atoms with E-state index in [1.165, 1.54) is 0 Å². The van der Waals surface area contributed by atoms with Gasteiger partial charge in [-0.2, -0.15) is 5.26 Å². The first-order valence-corrected chi connectivity index (χ1v) is 10.9. The molecule has 3 heterocycles. The Bertz CT molecular complexity index is 1030. The lowest BCUT2D eigenvalue weighted by Crippen LogP contribution is -2.53. The van der Waals surface area contributed by atoms with Gasteiger partial charge in [-0.15, -0.1) is 0 Å². The molecule has 4 rings (SSSR count). The Balaban J connectivity index is 1.49. The molecule has 7 nitrogen and oxygen atoms in total. The minimum absolute atomic E-state index is 0.172. The highest BCUT2D eigenvalue weighted by molar-refractivity contribution is 6.01. The van der Waals surface area contributed by atoms with Gasteiger partial charge in [0.2, 0.25) is 0 Å². The monoisotopic (exact) mass is 418 g/mol. The summed E-state index contributed by atoms with van der Waals surface area (Å²) in [7, 11) is 0. The quantitative estimate of drug-likeness (QED) is 0.554. The number of aromatic nitrogens is 1. The fourth-order valence-electron chi connectivity index (χ4n) is 4.48. The van der Waals surface area contributed by atoms with E-state index in [0.29, 0.717) is 30.4 Å². The van der Waals surface area contributed by atoms with Crippen molar-refractivity contribution < 1.29 is 4.79 Å². The summed E-state index contributed by atoms with van der Waals surface area (Å²) in [4.78, 5) is 20.9. The number of allylic oxidation sites excluding steroid dienone is 1. The fourth-order valence-corrected chi connectivity index (χ4v) is 4.48. The second-order valence-electron chi connectivity index (χ2n) is 9.09. The van der Waals surface area contributed by atoms with Crippen LogP contribution in [-0.4, -0.2) is 41.4 Å². The van der Waals surface area contributed by atoms with Gasteiger partial charge in [0.05, 0.1) is 18.7 Å². The first kappa shape index (κ1) is 21.0. The normalized spacial score (nSPS) is 23.9. The Morgan fingerprint density at radius 2 is 2.23 bits per heavy atom. The summed E-state index contributed by atoms with van der Waals surface area (Å²) in [6.45, 7) is 9.60. The van der Waals surface area contributed by atoms with Crippen LogP contribution >= 0.6 is 0 Å². The lowest BCUT2D eigenvalue weighted by atomic mass is 9.87. The topological polar surface area (TPSA) is 105 Å². The molecule has 3 atom stereocenters. The van der Waals surface area contributed by atoms with Crippen LogP contribution < -0.4 is 16.0 Å². The van der Waals surface area contributed by atoms with E-state index in [1.807, 2.05) is 30.3 Å². The fraction of sp³-hybridized carbons (Fsp3) is 0.458. The molecule has 0 saturated carbocycles. The maximum atomic E-state index is 13.0. The molecule has 1 saturated heterocycles. The zero-order valence-corrected chi connectivity index (χ0v) is 18.2. The largest absolute Gasteiger partial charge is 0.389 e. The molecule has 0 spiro atoms. The van der Waals surface area contributed by atoms with Crippen LogP contribution in [0.4, 0.5) is 0 Å². The lowest BCUT2D eigenvalue weighted by Gasteiger charge is -2.28. The number of nitrogens with one attached hydrogen (secondary N) is 4. The Hall–Kier alpha value is -3.27. The van der Waals surface area contributed by atoms with Gasteiger partial charge in [-0.05, 0) is 37.3 Å². The predicted molar refractivity (Wildman–Crippen MR) is 123 cm³/mol. The minimum atomic E-state index is -0.754. The van der Waals surface area contributed by atoms with Gasteiger partial charge in [-0.3, -0.25) is 9.79 Å². The molecule has 1 fully saturated rings. The van der Waals surface area contributed by atoms with Crippen molar-refractivity contribution in [1.82, 2.24) is 20.9 Å². The van der Waals surface area contributed by atoms with Gasteiger partial charge < -0.3 is 20.9 Å². The molecule has 31 heavy (non-hydrogen) atoms. The maximum Gasteiger partial charge on any atom is 0.268 e. The molecule has 4 N–H and O–H groups in total. The molecule has 0 radical (unpaired) electrons. The van der Waals surface area contributed by atoms with E-state index in [9.17, 15) is 10.1 Å². The van der Waals surface area contributed by atoms with Crippen LogP contribution in [0.5, 0.6) is 0 Å². The maximum absolute atomic E-state index is 13.0. The van der Waals surface area contributed by atoms with E-state index in [0.717, 1.165) is 36.0 Å². The number of amides is 1. The number of nitrogens with zero attached hydrogens (tertiary/aromatic N) is 2. The Morgan fingerprint density at radius 1 is 1.42 bits per heavy atom. The summed E-state index contributed by atoms with van der Waals surface area (Å²) in [6, 6.07) is 11.9. The van der Waals surface area contributed by atoms with Crippen LogP contribution in [0.1, 0.15) is 43.6 Å². The van der Waals surface area contributed by atoms with Crippen molar-refractivity contribution in [3.63, 3.8) is 0 Å². The highest BCUT2D eigenvalue weighted by Crippen LogP contribution is 2.30. The molecule has 2 aromatic rings.